The van der Waals surface area contributed by atoms with E-state index in [0.29, 0.717) is 35.7 Å². The third-order valence-corrected chi connectivity index (χ3v) is 7.62. The van der Waals surface area contributed by atoms with Gasteiger partial charge in [0.15, 0.2) is 0 Å². The van der Waals surface area contributed by atoms with E-state index in [9.17, 15) is 27.9 Å². The monoisotopic (exact) mass is 576 g/mol. The van der Waals surface area contributed by atoms with E-state index in [4.69, 9.17) is 9.47 Å². The number of carboxylic acids is 1. The standard InChI is InChI=1S/C29H31F3N2O5S/c1-17-24(40-26(33-17)19-5-9-20(10-6-19)29(30,31)32)16-38-23-11-7-18(8-12-25(35)36)22-15-34(14-13-21(22)23)27(37)39-28(2,3)4/h5-7,9-11H,8,12-16H2,1-4H3,(H,35,36). The molecular formula is C29H31F3N2O5S. The van der Waals surface area contributed by atoms with Crippen LogP contribution in [0.2, 0.25) is 0 Å². The average Bonchev–Trinajstić information content (AvgIpc) is 3.25. The maximum Gasteiger partial charge on any atom is 0.416 e. The van der Waals surface area contributed by atoms with E-state index >= 15 is 0 Å². The number of carbonyl (C=O) groups excluding carboxylic acids is 1. The molecule has 0 bridgehead atoms. The molecule has 0 aliphatic carbocycles. The number of alkyl halides is 3. The molecule has 0 atom stereocenters. The van der Waals surface area contributed by atoms with Gasteiger partial charge in [0.1, 0.15) is 23.0 Å². The van der Waals surface area contributed by atoms with Crippen LogP contribution in [-0.2, 0) is 41.7 Å². The molecule has 2 heterocycles. The fraction of sp³-hybridized carbons (Fsp3) is 0.414. The van der Waals surface area contributed by atoms with E-state index in [2.05, 4.69) is 4.98 Å². The van der Waals surface area contributed by atoms with Crippen LogP contribution in [0.3, 0.4) is 0 Å². The van der Waals surface area contributed by atoms with Gasteiger partial charge in [-0.2, -0.15) is 13.2 Å². The lowest BCUT2D eigenvalue weighted by Gasteiger charge is -2.33. The van der Waals surface area contributed by atoms with Crippen molar-refractivity contribution in [3.05, 3.63) is 69.2 Å². The van der Waals surface area contributed by atoms with Crippen molar-refractivity contribution in [3.63, 3.8) is 0 Å². The number of hydrogen-bond acceptors (Lipinski definition) is 6. The normalized spacial score (nSPS) is 13.6. The number of aromatic nitrogens is 1. The molecule has 1 aromatic heterocycles. The topological polar surface area (TPSA) is 89.0 Å². The Balaban J connectivity index is 1.54. The number of carbonyl (C=O) groups is 2. The molecule has 1 N–H and O–H groups in total. The molecule has 2 aromatic carbocycles. The summed E-state index contributed by atoms with van der Waals surface area (Å²) in [5.74, 6) is -0.264. The summed E-state index contributed by atoms with van der Waals surface area (Å²) in [6.45, 7) is 8.16. The molecule has 40 heavy (non-hydrogen) atoms. The smallest absolute Gasteiger partial charge is 0.416 e. The summed E-state index contributed by atoms with van der Waals surface area (Å²) >= 11 is 1.35. The lowest BCUT2D eigenvalue weighted by molar-refractivity contribution is -0.138. The van der Waals surface area contributed by atoms with Crippen molar-refractivity contribution >= 4 is 23.4 Å². The van der Waals surface area contributed by atoms with Gasteiger partial charge in [0.05, 0.1) is 16.1 Å². The van der Waals surface area contributed by atoms with Crippen molar-refractivity contribution in [2.75, 3.05) is 6.54 Å². The van der Waals surface area contributed by atoms with Gasteiger partial charge in [-0.1, -0.05) is 18.2 Å². The summed E-state index contributed by atoms with van der Waals surface area (Å²) in [6.07, 6.45) is -4.02. The summed E-state index contributed by atoms with van der Waals surface area (Å²) in [7, 11) is 0. The molecule has 0 fully saturated rings. The highest BCUT2D eigenvalue weighted by Crippen LogP contribution is 2.35. The second-order valence-corrected chi connectivity index (χ2v) is 11.7. The largest absolute Gasteiger partial charge is 0.488 e. The molecule has 1 aliphatic rings. The maximum atomic E-state index is 12.9. The van der Waals surface area contributed by atoms with Crippen LogP contribution < -0.4 is 4.74 Å². The van der Waals surface area contributed by atoms with Crippen LogP contribution in [0.15, 0.2) is 36.4 Å². The predicted molar refractivity (Wildman–Crippen MR) is 144 cm³/mol. The summed E-state index contributed by atoms with van der Waals surface area (Å²) < 4.78 is 50.5. The Morgan fingerprint density at radius 2 is 1.77 bits per heavy atom. The number of fused-ring (bicyclic) bond motifs is 1. The Morgan fingerprint density at radius 1 is 1.07 bits per heavy atom. The van der Waals surface area contributed by atoms with Crippen LogP contribution in [0.1, 0.15) is 60.0 Å². The van der Waals surface area contributed by atoms with Crippen molar-refractivity contribution in [3.8, 4) is 16.3 Å². The number of hydrogen-bond donors (Lipinski definition) is 1. The van der Waals surface area contributed by atoms with Crippen molar-refractivity contribution in [2.45, 2.75) is 71.9 Å². The fourth-order valence-corrected chi connectivity index (χ4v) is 5.41. The van der Waals surface area contributed by atoms with Crippen molar-refractivity contribution < 1.29 is 37.3 Å². The first kappa shape index (κ1) is 29.4. The van der Waals surface area contributed by atoms with Gasteiger partial charge in [0.2, 0.25) is 0 Å². The zero-order valence-corrected chi connectivity index (χ0v) is 23.5. The molecule has 11 heteroatoms. The molecule has 0 radical (unpaired) electrons. The molecule has 214 valence electrons. The molecule has 0 saturated heterocycles. The second kappa shape index (κ2) is 11.5. The van der Waals surface area contributed by atoms with E-state index in [-0.39, 0.29) is 19.6 Å². The first-order valence-electron chi connectivity index (χ1n) is 12.8. The van der Waals surface area contributed by atoms with Gasteiger partial charge in [-0.25, -0.2) is 9.78 Å². The highest BCUT2D eigenvalue weighted by molar-refractivity contribution is 7.15. The average molecular weight is 577 g/mol. The van der Waals surface area contributed by atoms with Crippen molar-refractivity contribution in [2.24, 2.45) is 0 Å². The van der Waals surface area contributed by atoms with Gasteiger partial charge in [0, 0.05) is 30.6 Å². The quantitative estimate of drug-likeness (QED) is 0.325. The van der Waals surface area contributed by atoms with E-state index < -0.39 is 29.4 Å². The Kier molecular flexibility index (Phi) is 8.44. The highest BCUT2D eigenvalue weighted by Gasteiger charge is 2.31. The van der Waals surface area contributed by atoms with Gasteiger partial charge in [-0.05, 0) is 69.9 Å². The zero-order chi connectivity index (χ0) is 29.2. The summed E-state index contributed by atoms with van der Waals surface area (Å²) in [5, 5.41) is 9.81. The number of ether oxygens (including phenoxy) is 2. The van der Waals surface area contributed by atoms with Gasteiger partial charge >= 0.3 is 18.2 Å². The number of aliphatic carboxylic acids is 1. The summed E-state index contributed by atoms with van der Waals surface area (Å²) in [6, 6.07) is 8.57. The minimum Gasteiger partial charge on any atom is -0.488 e. The number of rotatable bonds is 7. The first-order chi connectivity index (χ1) is 18.7. The van der Waals surface area contributed by atoms with E-state index in [1.165, 1.54) is 23.5 Å². The van der Waals surface area contributed by atoms with Gasteiger partial charge in [-0.15, -0.1) is 11.3 Å². The van der Waals surface area contributed by atoms with E-state index in [1.54, 1.807) is 25.7 Å². The number of amides is 1. The van der Waals surface area contributed by atoms with Crippen LogP contribution in [-0.4, -0.2) is 39.2 Å². The Labute approximate surface area is 234 Å². The highest BCUT2D eigenvalue weighted by atomic mass is 32.1. The summed E-state index contributed by atoms with van der Waals surface area (Å²) in [4.78, 5) is 31.0. The van der Waals surface area contributed by atoms with Gasteiger partial charge in [-0.3, -0.25) is 4.79 Å². The SMILES string of the molecule is Cc1nc(-c2ccc(C(F)(F)F)cc2)sc1COc1ccc(CCC(=O)O)c2c1CCN(C(=O)OC(C)(C)C)C2. The van der Waals surface area contributed by atoms with Crippen LogP contribution in [0.25, 0.3) is 10.6 Å². The van der Waals surface area contributed by atoms with Crippen LogP contribution in [0, 0.1) is 6.92 Å². The molecule has 0 saturated carbocycles. The first-order valence-corrected chi connectivity index (χ1v) is 13.6. The number of aryl methyl sites for hydroxylation is 2. The molecule has 7 nitrogen and oxygen atoms in total. The third-order valence-electron chi connectivity index (χ3n) is 6.44. The molecular weight excluding hydrogens is 545 g/mol. The fourth-order valence-electron chi connectivity index (χ4n) is 4.43. The lowest BCUT2D eigenvalue weighted by Crippen LogP contribution is -2.40. The number of carboxylic acid groups (broad SMARTS) is 1. The van der Waals surface area contributed by atoms with E-state index in [0.717, 1.165) is 39.4 Å². The van der Waals surface area contributed by atoms with E-state index in [1.807, 2.05) is 19.1 Å². The molecule has 1 amide bonds. The molecule has 1 aliphatic heterocycles. The lowest BCUT2D eigenvalue weighted by atomic mass is 9.92. The Morgan fingerprint density at radius 3 is 2.40 bits per heavy atom. The second-order valence-electron chi connectivity index (χ2n) is 10.6. The summed E-state index contributed by atoms with van der Waals surface area (Å²) in [5.41, 5.74) is 2.60. The number of benzene rings is 2. The number of nitrogens with zero attached hydrogens (tertiary/aromatic N) is 2. The third kappa shape index (κ3) is 7.12. The number of thiazole rings is 1. The van der Waals surface area contributed by atoms with Crippen LogP contribution >= 0.6 is 11.3 Å². The molecule has 0 unspecified atom stereocenters. The Hall–Kier alpha value is -3.60. The van der Waals surface area contributed by atoms with Crippen LogP contribution in [0.4, 0.5) is 18.0 Å². The van der Waals surface area contributed by atoms with Crippen LogP contribution in [0.5, 0.6) is 5.75 Å². The number of halogens is 3. The van der Waals surface area contributed by atoms with Crippen molar-refractivity contribution in [1.29, 1.82) is 0 Å². The predicted octanol–water partition coefficient (Wildman–Crippen LogP) is 7.03. The molecule has 0 spiro atoms. The van der Waals surface area contributed by atoms with Gasteiger partial charge < -0.3 is 19.5 Å². The minimum absolute atomic E-state index is 0.0358. The van der Waals surface area contributed by atoms with Crippen molar-refractivity contribution in [1.82, 2.24) is 9.88 Å². The molecule has 3 aromatic rings. The van der Waals surface area contributed by atoms with Gasteiger partial charge in [0.25, 0.3) is 0 Å². The minimum atomic E-state index is -4.40. The maximum absolute atomic E-state index is 12.9. The zero-order valence-electron chi connectivity index (χ0n) is 22.7. The molecule has 4 rings (SSSR count). The Bertz CT molecular complexity index is 1390.